The molecule has 30 heavy (non-hydrogen) atoms. The summed E-state index contributed by atoms with van der Waals surface area (Å²) in [6.07, 6.45) is 3.38. The van der Waals surface area contributed by atoms with E-state index in [9.17, 15) is 5.11 Å². The molecule has 2 aliphatic heterocycles. The summed E-state index contributed by atoms with van der Waals surface area (Å²) in [7, 11) is 4.16. The Morgan fingerprint density at radius 1 is 1.13 bits per heavy atom. The first-order chi connectivity index (χ1) is 14.4. The van der Waals surface area contributed by atoms with Crippen LogP contribution in [0.5, 0.6) is 5.75 Å². The molecule has 2 heterocycles. The quantitative estimate of drug-likeness (QED) is 0.717. The fourth-order valence-corrected chi connectivity index (χ4v) is 5.04. The number of hydrogen-bond donors (Lipinski definition) is 1. The van der Waals surface area contributed by atoms with Gasteiger partial charge in [-0.05, 0) is 61.5 Å². The Morgan fingerprint density at radius 2 is 1.87 bits per heavy atom. The van der Waals surface area contributed by atoms with Gasteiger partial charge in [0.15, 0.2) is 0 Å². The third-order valence-electron chi connectivity index (χ3n) is 6.14. The van der Waals surface area contributed by atoms with E-state index in [1.54, 1.807) is 0 Å². The summed E-state index contributed by atoms with van der Waals surface area (Å²) in [5, 5.41) is 10.4. The highest BCUT2D eigenvalue weighted by Crippen LogP contribution is 2.45. The van der Waals surface area contributed by atoms with Gasteiger partial charge in [0, 0.05) is 18.5 Å². The van der Waals surface area contributed by atoms with Crippen molar-refractivity contribution in [3.05, 3.63) is 63.2 Å². The molecular formula is C25H32ClNO3. The Bertz CT molecular complexity index is 881. The Kier molecular flexibility index (Phi) is 6.69. The molecule has 2 aliphatic rings. The molecule has 162 valence electrons. The van der Waals surface area contributed by atoms with Gasteiger partial charge in [-0.15, -0.1) is 0 Å². The Hall–Kier alpha value is -1.59. The number of aliphatic hydroxyl groups is 1. The lowest BCUT2D eigenvalue weighted by Crippen LogP contribution is -2.30. The summed E-state index contributed by atoms with van der Waals surface area (Å²) in [6, 6.07) is 11.0. The molecule has 1 fully saturated rings. The highest BCUT2D eigenvalue weighted by Gasteiger charge is 2.32. The van der Waals surface area contributed by atoms with Gasteiger partial charge in [0.1, 0.15) is 5.75 Å². The van der Waals surface area contributed by atoms with Crippen molar-refractivity contribution in [3.63, 3.8) is 0 Å². The minimum atomic E-state index is -0.0971. The maximum absolute atomic E-state index is 9.66. The van der Waals surface area contributed by atoms with E-state index in [4.69, 9.17) is 21.1 Å². The molecule has 0 spiro atoms. The molecule has 0 aromatic heterocycles. The minimum absolute atomic E-state index is 0.0140. The highest BCUT2D eigenvalue weighted by molar-refractivity contribution is 6.33. The van der Waals surface area contributed by atoms with E-state index in [2.05, 4.69) is 56.3 Å². The van der Waals surface area contributed by atoms with Crippen molar-refractivity contribution in [2.24, 2.45) is 5.92 Å². The zero-order valence-electron chi connectivity index (χ0n) is 18.2. The number of fused-ring (bicyclic) bond motifs is 1. The number of hydrogen-bond acceptors (Lipinski definition) is 4. The smallest absolute Gasteiger partial charge is 0.141 e. The number of ether oxygens (including phenoxy) is 2. The number of rotatable bonds is 6. The van der Waals surface area contributed by atoms with Crippen LogP contribution in [0.1, 0.15) is 53.7 Å². The van der Waals surface area contributed by atoms with E-state index in [0.717, 1.165) is 48.6 Å². The first kappa shape index (κ1) is 21.6. The van der Waals surface area contributed by atoms with Gasteiger partial charge in [-0.2, -0.15) is 0 Å². The number of benzene rings is 2. The van der Waals surface area contributed by atoms with Crippen LogP contribution < -0.4 is 4.74 Å². The van der Waals surface area contributed by atoms with Crippen LogP contribution in [0.15, 0.2) is 30.3 Å². The van der Waals surface area contributed by atoms with Crippen LogP contribution in [0.25, 0.3) is 0 Å². The van der Waals surface area contributed by atoms with Crippen LogP contribution in [0, 0.1) is 5.92 Å². The molecule has 1 N–H and O–H groups in total. The fraction of sp³-hybridized carbons (Fsp3) is 0.520. The monoisotopic (exact) mass is 429 g/mol. The lowest BCUT2D eigenvalue weighted by atomic mass is 9.86. The summed E-state index contributed by atoms with van der Waals surface area (Å²) >= 11 is 6.79. The third-order valence-corrected chi connectivity index (χ3v) is 6.55. The van der Waals surface area contributed by atoms with E-state index in [0.29, 0.717) is 12.5 Å². The lowest BCUT2D eigenvalue weighted by molar-refractivity contribution is -0.0903. The Morgan fingerprint density at radius 3 is 2.57 bits per heavy atom. The predicted octanol–water partition coefficient (Wildman–Crippen LogP) is 4.78. The van der Waals surface area contributed by atoms with Gasteiger partial charge in [0.2, 0.25) is 0 Å². The zero-order valence-corrected chi connectivity index (χ0v) is 18.9. The SMILES string of the molecule is CC1CC(CO)OC(c2cc(Cc3ccc(CN(C)C)cc3)c(Cl)c3c2CCO3)C1. The first-order valence-corrected chi connectivity index (χ1v) is 11.3. The average molecular weight is 430 g/mol. The standard InChI is InChI=1S/C25H32ClNO3/c1-16-10-20(15-28)30-23(11-16)22-13-19(24(26)25-21(22)8-9-29-25)12-17-4-6-18(7-5-17)14-27(2)3/h4-7,13,16,20,23,28H,8-12,14-15H2,1-3H3. The van der Waals surface area contributed by atoms with Crippen molar-refractivity contribution in [2.75, 3.05) is 27.3 Å². The average Bonchev–Trinajstić information content (AvgIpc) is 3.21. The van der Waals surface area contributed by atoms with Crippen LogP contribution in [-0.2, 0) is 24.1 Å². The molecule has 5 heteroatoms. The predicted molar refractivity (Wildman–Crippen MR) is 120 cm³/mol. The number of nitrogens with zero attached hydrogens (tertiary/aromatic N) is 1. The van der Waals surface area contributed by atoms with Crippen LogP contribution >= 0.6 is 11.6 Å². The molecular weight excluding hydrogens is 398 g/mol. The lowest BCUT2D eigenvalue weighted by Gasteiger charge is -2.34. The van der Waals surface area contributed by atoms with E-state index >= 15 is 0 Å². The third kappa shape index (κ3) is 4.67. The van der Waals surface area contributed by atoms with Gasteiger partial charge in [-0.25, -0.2) is 0 Å². The van der Waals surface area contributed by atoms with Gasteiger partial charge in [0.05, 0.1) is 30.4 Å². The molecule has 2 aromatic rings. The second kappa shape index (κ2) is 9.27. The summed E-state index contributed by atoms with van der Waals surface area (Å²) in [6.45, 7) is 3.90. The maximum Gasteiger partial charge on any atom is 0.141 e. The molecule has 3 unspecified atom stereocenters. The van der Waals surface area contributed by atoms with E-state index in [1.165, 1.54) is 22.3 Å². The van der Waals surface area contributed by atoms with Crippen molar-refractivity contribution < 1.29 is 14.6 Å². The molecule has 4 nitrogen and oxygen atoms in total. The van der Waals surface area contributed by atoms with Crippen LogP contribution in [0.4, 0.5) is 0 Å². The fourth-order valence-electron chi connectivity index (χ4n) is 4.75. The molecule has 4 rings (SSSR count). The summed E-state index contributed by atoms with van der Waals surface area (Å²) < 4.78 is 12.2. The molecule has 0 bridgehead atoms. The molecule has 0 radical (unpaired) electrons. The van der Waals surface area contributed by atoms with Crippen LogP contribution in [0.3, 0.4) is 0 Å². The Labute approximate surface area is 184 Å². The highest BCUT2D eigenvalue weighted by atomic mass is 35.5. The van der Waals surface area contributed by atoms with Crippen LogP contribution in [0.2, 0.25) is 5.02 Å². The second-order valence-corrected chi connectivity index (χ2v) is 9.46. The number of halogens is 1. The topological polar surface area (TPSA) is 41.9 Å². The molecule has 0 aliphatic carbocycles. The van der Waals surface area contributed by atoms with Crippen molar-refractivity contribution >= 4 is 11.6 Å². The maximum atomic E-state index is 9.66. The molecule has 0 saturated carbocycles. The summed E-state index contributed by atoms with van der Waals surface area (Å²) in [5.41, 5.74) is 5.98. The number of aliphatic hydroxyl groups excluding tert-OH is 1. The van der Waals surface area contributed by atoms with Crippen molar-refractivity contribution in [1.29, 1.82) is 0 Å². The summed E-state index contributed by atoms with van der Waals surface area (Å²) in [5.74, 6) is 1.35. The van der Waals surface area contributed by atoms with Crippen LogP contribution in [-0.4, -0.2) is 43.4 Å². The van der Waals surface area contributed by atoms with E-state index in [-0.39, 0.29) is 18.8 Å². The first-order valence-electron chi connectivity index (χ1n) is 10.9. The Balaban J connectivity index is 1.63. The van der Waals surface area contributed by atoms with Gasteiger partial charge in [-0.1, -0.05) is 48.9 Å². The minimum Gasteiger partial charge on any atom is -0.491 e. The molecule has 0 amide bonds. The molecule has 2 aromatic carbocycles. The molecule has 3 atom stereocenters. The van der Waals surface area contributed by atoms with Crippen molar-refractivity contribution in [2.45, 2.75) is 51.4 Å². The van der Waals surface area contributed by atoms with E-state index < -0.39 is 0 Å². The second-order valence-electron chi connectivity index (χ2n) is 9.08. The van der Waals surface area contributed by atoms with E-state index in [1.807, 2.05) is 0 Å². The van der Waals surface area contributed by atoms with Gasteiger partial charge in [0.25, 0.3) is 0 Å². The van der Waals surface area contributed by atoms with Gasteiger partial charge < -0.3 is 19.5 Å². The van der Waals surface area contributed by atoms with Gasteiger partial charge >= 0.3 is 0 Å². The van der Waals surface area contributed by atoms with Gasteiger partial charge in [-0.3, -0.25) is 0 Å². The summed E-state index contributed by atoms with van der Waals surface area (Å²) in [4.78, 5) is 2.17. The van der Waals surface area contributed by atoms with Crippen molar-refractivity contribution in [1.82, 2.24) is 4.90 Å². The largest absolute Gasteiger partial charge is 0.491 e. The van der Waals surface area contributed by atoms with Crippen molar-refractivity contribution in [3.8, 4) is 5.75 Å². The molecule has 1 saturated heterocycles. The normalized spacial score (nSPS) is 23.5. The zero-order chi connectivity index (χ0) is 21.3.